The smallest absolute Gasteiger partial charge is 0.196 e. The second-order valence-corrected chi connectivity index (χ2v) is 9.71. The molecular formula is C29H14N2O4S. The number of fused-ring (bicyclic) bond motifs is 6. The number of nitrogen functional groups attached to an aromatic ring is 1. The normalized spacial score (nSPS) is 13.9. The fraction of sp³-hybridized carbons (Fsp3) is 0. The topological polar surface area (TPSA) is 107 Å². The Bertz CT molecular complexity index is 1880. The summed E-state index contributed by atoms with van der Waals surface area (Å²) < 4.78 is 0.584. The van der Waals surface area contributed by atoms with E-state index < -0.39 is 0 Å². The Labute approximate surface area is 208 Å². The molecule has 0 aliphatic heterocycles. The fourth-order valence-electron chi connectivity index (χ4n) is 5.08. The molecular weight excluding hydrogens is 472 g/mol. The minimum Gasteiger partial charge on any atom is -0.398 e. The van der Waals surface area contributed by atoms with E-state index in [0.717, 1.165) is 0 Å². The molecule has 4 aromatic carbocycles. The molecule has 0 unspecified atom stereocenters. The number of ketones is 4. The largest absolute Gasteiger partial charge is 0.398 e. The average Bonchev–Trinajstić information content (AvgIpc) is 3.34. The van der Waals surface area contributed by atoms with Crippen LogP contribution in [0.2, 0.25) is 0 Å². The Morgan fingerprint density at radius 3 is 1.61 bits per heavy atom. The molecule has 0 bridgehead atoms. The zero-order valence-electron chi connectivity index (χ0n) is 18.5. The molecule has 0 amide bonds. The summed E-state index contributed by atoms with van der Waals surface area (Å²) in [5.41, 5.74) is 10.2. The molecule has 0 radical (unpaired) electrons. The van der Waals surface area contributed by atoms with E-state index in [0.29, 0.717) is 54.2 Å². The molecule has 5 aromatic rings. The SMILES string of the molecule is Nc1c(-c2nc3ccc4c(c3s2)C(=O)c2ccccc2C4=O)ccc2c1C(=O)c1ccccc1C2=O. The first kappa shape index (κ1) is 20.6. The third-order valence-electron chi connectivity index (χ3n) is 6.81. The van der Waals surface area contributed by atoms with Crippen LogP contribution in [-0.2, 0) is 0 Å². The summed E-state index contributed by atoms with van der Waals surface area (Å²) in [7, 11) is 0. The molecule has 2 aliphatic carbocycles. The molecule has 7 heteroatoms. The average molecular weight is 487 g/mol. The van der Waals surface area contributed by atoms with Crippen molar-refractivity contribution in [1.82, 2.24) is 4.98 Å². The van der Waals surface area contributed by atoms with Crippen molar-refractivity contribution in [1.29, 1.82) is 0 Å². The molecule has 1 aromatic heterocycles. The van der Waals surface area contributed by atoms with Gasteiger partial charge in [-0.15, -0.1) is 11.3 Å². The highest BCUT2D eigenvalue weighted by atomic mass is 32.1. The number of nitrogens with two attached hydrogens (primary N) is 1. The van der Waals surface area contributed by atoms with Gasteiger partial charge in [-0.2, -0.15) is 0 Å². The highest BCUT2D eigenvalue weighted by molar-refractivity contribution is 7.22. The van der Waals surface area contributed by atoms with Gasteiger partial charge in [0, 0.05) is 38.9 Å². The number of anilines is 1. The lowest BCUT2D eigenvalue weighted by Crippen LogP contribution is -2.22. The maximum absolute atomic E-state index is 13.4. The molecule has 2 aliphatic rings. The monoisotopic (exact) mass is 486 g/mol. The first-order chi connectivity index (χ1) is 17.5. The van der Waals surface area contributed by atoms with Crippen molar-refractivity contribution in [3.05, 3.63) is 117 Å². The molecule has 1 heterocycles. The van der Waals surface area contributed by atoms with Crippen molar-refractivity contribution in [3.63, 3.8) is 0 Å². The zero-order chi connectivity index (χ0) is 24.7. The van der Waals surface area contributed by atoms with Gasteiger partial charge in [-0.3, -0.25) is 19.2 Å². The summed E-state index contributed by atoms with van der Waals surface area (Å²) in [6, 6.07) is 20.1. The van der Waals surface area contributed by atoms with Gasteiger partial charge in [-0.1, -0.05) is 48.5 Å². The molecule has 0 saturated heterocycles. The first-order valence-electron chi connectivity index (χ1n) is 11.2. The van der Waals surface area contributed by atoms with Gasteiger partial charge < -0.3 is 5.73 Å². The lowest BCUT2D eigenvalue weighted by molar-refractivity contribution is 0.0980. The Kier molecular flexibility index (Phi) is 4.08. The second-order valence-electron chi connectivity index (χ2n) is 8.71. The van der Waals surface area contributed by atoms with Gasteiger partial charge in [0.05, 0.1) is 27.0 Å². The lowest BCUT2D eigenvalue weighted by atomic mass is 9.82. The summed E-state index contributed by atoms with van der Waals surface area (Å²) >= 11 is 1.24. The summed E-state index contributed by atoms with van der Waals surface area (Å²) in [5, 5.41) is 0.497. The minimum atomic E-state index is -0.310. The Hall–Kier alpha value is -4.75. The molecule has 0 spiro atoms. The van der Waals surface area contributed by atoms with Crippen LogP contribution in [0.5, 0.6) is 0 Å². The molecule has 2 N–H and O–H groups in total. The number of benzene rings is 4. The highest BCUT2D eigenvalue weighted by Gasteiger charge is 2.34. The van der Waals surface area contributed by atoms with E-state index >= 15 is 0 Å². The van der Waals surface area contributed by atoms with Gasteiger partial charge in [0.1, 0.15) is 5.01 Å². The van der Waals surface area contributed by atoms with E-state index in [9.17, 15) is 19.2 Å². The molecule has 0 saturated carbocycles. The number of hydrogen-bond donors (Lipinski definition) is 1. The molecule has 36 heavy (non-hydrogen) atoms. The summed E-state index contributed by atoms with van der Waals surface area (Å²) in [6.45, 7) is 0. The van der Waals surface area contributed by atoms with Gasteiger partial charge in [0.25, 0.3) is 0 Å². The number of carbonyl (C=O) groups is 4. The van der Waals surface area contributed by atoms with Gasteiger partial charge >= 0.3 is 0 Å². The Morgan fingerprint density at radius 2 is 1.00 bits per heavy atom. The van der Waals surface area contributed by atoms with Crippen LogP contribution >= 0.6 is 11.3 Å². The lowest BCUT2D eigenvalue weighted by Gasteiger charge is -2.20. The number of aromatic nitrogens is 1. The summed E-state index contributed by atoms with van der Waals surface area (Å²) in [4.78, 5) is 57.5. The number of hydrogen-bond acceptors (Lipinski definition) is 7. The van der Waals surface area contributed by atoms with Crippen molar-refractivity contribution < 1.29 is 19.2 Å². The van der Waals surface area contributed by atoms with Crippen molar-refractivity contribution in [3.8, 4) is 10.6 Å². The van der Waals surface area contributed by atoms with Crippen LogP contribution in [0.25, 0.3) is 20.8 Å². The van der Waals surface area contributed by atoms with Crippen molar-refractivity contribution in [2.75, 3.05) is 5.73 Å². The van der Waals surface area contributed by atoms with E-state index in [1.54, 1.807) is 72.8 Å². The van der Waals surface area contributed by atoms with Crippen LogP contribution in [0.15, 0.2) is 72.8 Å². The van der Waals surface area contributed by atoms with Crippen molar-refractivity contribution in [2.24, 2.45) is 0 Å². The predicted octanol–water partition coefficient (Wildman–Crippen LogP) is 5.10. The summed E-state index contributed by atoms with van der Waals surface area (Å²) in [6.07, 6.45) is 0. The number of rotatable bonds is 1. The van der Waals surface area contributed by atoms with E-state index in [1.807, 2.05) is 0 Å². The van der Waals surface area contributed by atoms with Crippen molar-refractivity contribution in [2.45, 2.75) is 0 Å². The maximum Gasteiger partial charge on any atom is 0.196 e. The van der Waals surface area contributed by atoms with E-state index in [1.165, 1.54) is 11.3 Å². The van der Waals surface area contributed by atoms with Gasteiger partial charge in [-0.25, -0.2) is 4.98 Å². The van der Waals surface area contributed by atoms with Crippen LogP contribution in [0.3, 0.4) is 0 Å². The number of thiazole rings is 1. The second kappa shape index (κ2) is 7.13. The van der Waals surface area contributed by atoms with Crippen LogP contribution in [-0.4, -0.2) is 28.1 Å². The third-order valence-corrected chi connectivity index (χ3v) is 7.93. The standard InChI is InChI=1S/C29H14N2O4S/c30-23-19(10-9-17-21(23)26(34)15-7-3-1-5-13(15)24(17)32)29-31-20-12-11-18-22(28(20)36-29)27(35)16-8-4-2-6-14(16)25(18)33/h1-12H,30H2. The maximum atomic E-state index is 13.4. The zero-order valence-corrected chi connectivity index (χ0v) is 19.3. The Balaban J connectivity index is 1.42. The Morgan fingerprint density at radius 1 is 0.528 bits per heavy atom. The number of nitrogens with zero attached hydrogens (tertiary/aromatic N) is 1. The van der Waals surface area contributed by atoms with Gasteiger partial charge in [-0.05, 0) is 24.3 Å². The van der Waals surface area contributed by atoms with Crippen LogP contribution in [0, 0.1) is 0 Å². The van der Waals surface area contributed by atoms with E-state index in [2.05, 4.69) is 4.98 Å². The van der Waals surface area contributed by atoms with Crippen molar-refractivity contribution >= 4 is 50.4 Å². The predicted molar refractivity (Wildman–Crippen MR) is 136 cm³/mol. The highest BCUT2D eigenvalue weighted by Crippen LogP contribution is 2.42. The van der Waals surface area contributed by atoms with Gasteiger partial charge in [0.2, 0.25) is 0 Å². The molecule has 7 rings (SSSR count). The van der Waals surface area contributed by atoms with E-state index in [4.69, 9.17) is 5.73 Å². The summed E-state index contributed by atoms with van der Waals surface area (Å²) in [5.74, 6) is -0.986. The van der Waals surface area contributed by atoms with E-state index in [-0.39, 0.29) is 39.9 Å². The fourth-order valence-corrected chi connectivity index (χ4v) is 6.23. The van der Waals surface area contributed by atoms with Crippen LogP contribution in [0.1, 0.15) is 63.7 Å². The quantitative estimate of drug-likeness (QED) is 0.324. The third kappa shape index (κ3) is 2.57. The van der Waals surface area contributed by atoms with Gasteiger partial charge in [0.15, 0.2) is 23.1 Å². The molecule has 0 fully saturated rings. The first-order valence-corrected chi connectivity index (χ1v) is 12.0. The molecule has 0 atom stereocenters. The van der Waals surface area contributed by atoms with Crippen LogP contribution < -0.4 is 5.73 Å². The number of carbonyl (C=O) groups excluding carboxylic acids is 4. The molecule has 170 valence electrons. The molecule has 6 nitrogen and oxygen atoms in total. The van der Waals surface area contributed by atoms with Crippen LogP contribution in [0.4, 0.5) is 5.69 Å². The minimum absolute atomic E-state index is 0.165.